The zero-order chi connectivity index (χ0) is 21.8. The molecule has 4 rings (SSSR count). The van der Waals surface area contributed by atoms with Gasteiger partial charge in [-0.3, -0.25) is 4.79 Å². The van der Waals surface area contributed by atoms with Crippen LogP contribution < -0.4 is 4.90 Å². The summed E-state index contributed by atoms with van der Waals surface area (Å²) < 4.78 is 27.3. The second-order valence-electron chi connectivity index (χ2n) is 8.42. The van der Waals surface area contributed by atoms with Gasteiger partial charge in [-0.2, -0.15) is 4.31 Å². The number of amides is 1. The number of anilines is 1. The molecular formula is C23H30N4O3S. The van der Waals surface area contributed by atoms with E-state index in [1.165, 1.54) is 0 Å². The average Bonchev–Trinajstić information content (AvgIpc) is 2.80. The molecule has 2 aromatic rings. The van der Waals surface area contributed by atoms with Gasteiger partial charge in [-0.15, -0.1) is 0 Å². The van der Waals surface area contributed by atoms with E-state index in [-0.39, 0.29) is 11.8 Å². The summed E-state index contributed by atoms with van der Waals surface area (Å²) in [6.07, 6.45) is 3.75. The van der Waals surface area contributed by atoms with Crippen LogP contribution >= 0.6 is 0 Å². The maximum atomic E-state index is 12.9. The Labute approximate surface area is 184 Å². The van der Waals surface area contributed by atoms with Crippen molar-refractivity contribution in [2.75, 3.05) is 44.2 Å². The highest BCUT2D eigenvalue weighted by Crippen LogP contribution is 2.26. The fourth-order valence-electron chi connectivity index (χ4n) is 4.31. The third-order valence-electron chi connectivity index (χ3n) is 6.30. The Morgan fingerprint density at radius 3 is 2.26 bits per heavy atom. The number of rotatable bonds is 5. The van der Waals surface area contributed by atoms with Crippen LogP contribution in [0.25, 0.3) is 0 Å². The van der Waals surface area contributed by atoms with Gasteiger partial charge in [0.2, 0.25) is 15.9 Å². The first kappa shape index (κ1) is 21.8. The van der Waals surface area contributed by atoms with Crippen molar-refractivity contribution < 1.29 is 13.2 Å². The number of carbonyl (C=O) groups excluding carboxylic acids is 1. The minimum absolute atomic E-state index is 0.181. The van der Waals surface area contributed by atoms with Crippen molar-refractivity contribution >= 4 is 21.7 Å². The first-order chi connectivity index (χ1) is 14.9. The SMILES string of the molecule is Cc1ccc(S(=O)(=O)N2CCC(CC(=O)N3CCN(c4ccccn4)CC3)CC2)cc1. The van der Waals surface area contributed by atoms with Crippen LogP contribution in [0.1, 0.15) is 24.8 Å². The molecule has 166 valence electrons. The highest BCUT2D eigenvalue weighted by molar-refractivity contribution is 7.89. The Hall–Kier alpha value is -2.45. The fraction of sp³-hybridized carbons (Fsp3) is 0.478. The number of nitrogens with zero attached hydrogens (tertiary/aromatic N) is 4. The van der Waals surface area contributed by atoms with Gasteiger partial charge in [-0.1, -0.05) is 23.8 Å². The molecule has 7 nitrogen and oxygen atoms in total. The number of aryl methyl sites for hydroxylation is 1. The number of hydrogen-bond donors (Lipinski definition) is 0. The monoisotopic (exact) mass is 442 g/mol. The van der Waals surface area contributed by atoms with E-state index in [0.29, 0.717) is 37.5 Å². The topological polar surface area (TPSA) is 73.8 Å². The van der Waals surface area contributed by atoms with Crippen molar-refractivity contribution in [2.24, 2.45) is 5.92 Å². The van der Waals surface area contributed by atoms with Gasteiger partial charge in [-0.25, -0.2) is 13.4 Å². The summed E-state index contributed by atoms with van der Waals surface area (Å²) in [4.78, 5) is 21.7. The zero-order valence-corrected chi connectivity index (χ0v) is 18.8. The number of benzene rings is 1. The molecule has 0 aliphatic carbocycles. The molecule has 3 heterocycles. The molecule has 0 atom stereocenters. The Kier molecular flexibility index (Phi) is 6.57. The number of pyridine rings is 1. The van der Waals surface area contributed by atoms with Crippen LogP contribution in [0.5, 0.6) is 0 Å². The second-order valence-corrected chi connectivity index (χ2v) is 10.4. The van der Waals surface area contributed by atoms with Gasteiger partial charge in [0.25, 0.3) is 0 Å². The van der Waals surface area contributed by atoms with Crippen LogP contribution in [0.4, 0.5) is 5.82 Å². The van der Waals surface area contributed by atoms with Crippen LogP contribution in [0, 0.1) is 12.8 Å². The summed E-state index contributed by atoms with van der Waals surface area (Å²) in [6, 6.07) is 12.9. The van der Waals surface area contributed by atoms with Crippen LogP contribution in [0.2, 0.25) is 0 Å². The number of hydrogen-bond acceptors (Lipinski definition) is 5. The molecule has 2 aliphatic rings. The standard InChI is InChI=1S/C23H30N4O3S/c1-19-5-7-21(8-6-19)31(29,30)27-12-9-20(10-13-27)18-23(28)26-16-14-25(15-17-26)22-4-2-3-11-24-22/h2-8,11,20H,9-10,12-18H2,1H3. The van der Waals surface area contributed by atoms with Crippen LogP contribution in [0.3, 0.4) is 0 Å². The minimum Gasteiger partial charge on any atom is -0.353 e. The lowest BCUT2D eigenvalue weighted by Gasteiger charge is -2.37. The molecule has 0 N–H and O–H groups in total. The predicted molar refractivity (Wildman–Crippen MR) is 120 cm³/mol. The minimum atomic E-state index is -3.46. The van der Waals surface area contributed by atoms with E-state index in [0.717, 1.165) is 37.3 Å². The molecule has 2 aliphatic heterocycles. The second kappa shape index (κ2) is 9.36. The third-order valence-corrected chi connectivity index (χ3v) is 8.21. The van der Waals surface area contributed by atoms with Gasteiger partial charge < -0.3 is 9.80 Å². The van der Waals surface area contributed by atoms with E-state index in [1.807, 2.05) is 42.2 Å². The summed E-state index contributed by atoms with van der Waals surface area (Å²) in [5, 5.41) is 0. The fourth-order valence-corrected chi connectivity index (χ4v) is 5.78. The first-order valence-electron chi connectivity index (χ1n) is 10.9. The normalized spacial score (nSPS) is 18.9. The van der Waals surface area contributed by atoms with E-state index >= 15 is 0 Å². The lowest BCUT2D eigenvalue weighted by Crippen LogP contribution is -2.49. The lowest BCUT2D eigenvalue weighted by molar-refractivity contribution is -0.132. The van der Waals surface area contributed by atoms with E-state index in [9.17, 15) is 13.2 Å². The maximum Gasteiger partial charge on any atom is 0.243 e. The molecule has 0 radical (unpaired) electrons. The molecule has 0 unspecified atom stereocenters. The summed E-state index contributed by atoms with van der Waals surface area (Å²) >= 11 is 0. The molecule has 1 aromatic carbocycles. The van der Waals surface area contributed by atoms with Crippen LogP contribution in [-0.2, 0) is 14.8 Å². The maximum absolute atomic E-state index is 12.9. The Morgan fingerprint density at radius 1 is 0.968 bits per heavy atom. The van der Waals surface area contributed by atoms with Crippen molar-refractivity contribution in [2.45, 2.75) is 31.1 Å². The van der Waals surface area contributed by atoms with Gasteiger partial charge in [0, 0.05) is 51.9 Å². The molecule has 0 bridgehead atoms. The molecule has 31 heavy (non-hydrogen) atoms. The van der Waals surface area contributed by atoms with Crippen LogP contribution in [0.15, 0.2) is 53.6 Å². The number of sulfonamides is 1. The predicted octanol–water partition coefficient (Wildman–Crippen LogP) is 2.53. The van der Waals surface area contributed by atoms with Gasteiger partial charge in [0.05, 0.1) is 4.90 Å². The van der Waals surface area contributed by atoms with Gasteiger partial charge in [0.15, 0.2) is 0 Å². The van der Waals surface area contributed by atoms with Gasteiger partial charge in [-0.05, 0) is 49.9 Å². The van der Waals surface area contributed by atoms with Crippen molar-refractivity contribution in [3.8, 4) is 0 Å². The molecule has 8 heteroatoms. The van der Waals surface area contributed by atoms with Gasteiger partial charge in [0.1, 0.15) is 5.82 Å². The van der Waals surface area contributed by atoms with Crippen molar-refractivity contribution in [3.05, 3.63) is 54.2 Å². The van der Waals surface area contributed by atoms with Crippen molar-refractivity contribution in [3.63, 3.8) is 0 Å². The number of aromatic nitrogens is 1. The lowest BCUT2D eigenvalue weighted by atomic mass is 9.94. The summed E-state index contributed by atoms with van der Waals surface area (Å²) in [5.74, 6) is 1.38. The van der Waals surface area contributed by atoms with Crippen LogP contribution in [-0.4, -0.2) is 67.8 Å². The molecule has 1 amide bonds. The van der Waals surface area contributed by atoms with E-state index < -0.39 is 10.0 Å². The summed E-state index contributed by atoms with van der Waals surface area (Å²) in [6.45, 7) is 5.87. The smallest absolute Gasteiger partial charge is 0.243 e. The van der Waals surface area contributed by atoms with Crippen molar-refractivity contribution in [1.82, 2.24) is 14.2 Å². The molecule has 2 fully saturated rings. The highest BCUT2D eigenvalue weighted by Gasteiger charge is 2.31. The summed E-state index contributed by atoms with van der Waals surface area (Å²) in [5.41, 5.74) is 1.04. The molecule has 0 saturated carbocycles. The quantitative estimate of drug-likeness (QED) is 0.711. The highest BCUT2D eigenvalue weighted by atomic mass is 32.2. The molecule has 1 aromatic heterocycles. The van der Waals surface area contributed by atoms with Crippen molar-refractivity contribution in [1.29, 1.82) is 0 Å². The Balaban J connectivity index is 1.25. The Morgan fingerprint density at radius 2 is 1.65 bits per heavy atom. The average molecular weight is 443 g/mol. The number of piperidine rings is 1. The Bertz CT molecular complexity index is 979. The zero-order valence-electron chi connectivity index (χ0n) is 18.0. The first-order valence-corrected chi connectivity index (χ1v) is 12.4. The summed E-state index contributed by atoms with van der Waals surface area (Å²) in [7, 11) is -3.46. The number of piperazine rings is 1. The van der Waals surface area contributed by atoms with E-state index in [4.69, 9.17) is 0 Å². The van der Waals surface area contributed by atoms with Gasteiger partial charge >= 0.3 is 0 Å². The number of carbonyl (C=O) groups is 1. The third kappa shape index (κ3) is 5.07. The molecular weight excluding hydrogens is 412 g/mol. The van der Waals surface area contributed by atoms with E-state index in [2.05, 4.69) is 9.88 Å². The van der Waals surface area contributed by atoms with E-state index in [1.54, 1.807) is 22.6 Å². The molecule has 0 spiro atoms. The largest absolute Gasteiger partial charge is 0.353 e. The molecule has 2 saturated heterocycles.